The van der Waals surface area contributed by atoms with Crippen LogP contribution in [0.3, 0.4) is 0 Å². The Hall–Kier alpha value is -1.52. The van der Waals surface area contributed by atoms with Crippen LogP contribution < -0.4 is 0 Å². The quantitative estimate of drug-likeness (QED) is 0.398. The fourth-order valence-electron chi connectivity index (χ4n) is 3.28. The van der Waals surface area contributed by atoms with Crippen molar-refractivity contribution >= 4 is 56.2 Å². The van der Waals surface area contributed by atoms with Gasteiger partial charge in [-0.25, -0.2) is 0 Å². The number of aryl methyl sites for hydroxylation is 2. The zero-order valence-corrected chi connectivity index (χ0v) is 14.6. The first-order valence-corrected chi connectivity index (χ1v) is 9.57. The molecular formula is C18H16O2S2. The van der Waals surface area contributed by atoms with E-state index < -0.39 is 0 Å². The van der Waals surface area contributed by atoms with Crippen molar-refractivity contribution < 1.29 is 8.83 Å². The van der Waals surface area contributed by atoms with Gasteiger partial charge in [-0.15, -0.1) is 23.5 Å². The molecule has 0 unspecified atom stereocenters. The van der Waals surface area contributed by atoms with Gasteiger partial charge in [-0.05, 0) is 37.1 Å². The van der Waals surface area contributed by atoms with Gasteiger partial charge in [0.2, 0.25) is 0 Å². The molecule has 112 valence electrons. The maximum absolute atomic E-state index is 6.10. The van der Waals surface area contributed by atoms with E-state index in [9.17, 15) is 0 Å². The maximum atomic E-state index is 6.10. The van der Waals surface area contributed by atoms with E-state index in [0.717, 1.165) is 22.7 Å². The van der Waals surface area contributed by atoms with Crippen LogP contribution in [0.1, 0.15) is 11.5 Å². The van der Waals surface area contributed by atoms with Gasteiger partial charge in [0.25, 0.3) is 0 Å². The fraction of sp³-hybridized carbons (Fsp3) is 0.222. The van der Waals surface area contributed by atoms with Gasteiger partial charge in [0, 0.05) is 10.8 Å². The van der Waals surface area contributed by atoms with E-state index in [1.54, 1.807) is 23.5 Å². The summed E-state index contributed by atoms with van der Waals surface area (Å²) in [6.07, 6.45) is 4.19. The number of rotatable bonds is 2. The van der Waals surface area contributed by atoms with Crippen LogP contribution in [0.15, 0.2) is 42.9 Å². The molecule has 4 aromatic rings. The smallest absolute Gasteiger partial charge is 0.179 e. The first-order chi connectivity index (χ1) is 10.7. The Labute approximate surface area is 137 Å². The maximum Gasteiger partial charge on any atom is 0.179 e. The van der Waals surface area contributed by atoms with Gasteiger partial charge in [-0.1, -0.05) is 24.3 Å². The second kappa shape index (κ2) is 5.00. The van der Waals surface area contributed by atoms with Crippen molar-refractivity contribution in [2.45, 2.75) is 23.6 Å². The Bertz CT molecular complexity index is 941. The second-order valence-corrected chi connectivity index (χ2v) is 6.97. The highest BCUT2D eigenvalue weighted by Crippen LogP contribution is 2.46. The largest absolute Gasteiger partial charge is 0.456 e. The van der Waals surface area contributed by atoms with Crippen LogP contribution in [0, 0.1) is 13.8 Å². The third kappa shape index (κ3) is 1.71. The van der Waals surface area contributed by atoms with Crippen molar-refractivity contribution in [1.82, 2.24) is 0 Å². The summed E-state index contributed by atoms with van der Waals surface area (Å²) in [7, 11) is 0. The first-order valence-electron chi connectivity index (χ1n) is 7.12. The van der Waals surface area contributed by atoms with E-state index in [1.807, 2.05) is 13.8 Å². The van der Waals surface area contributed by atoms with Gasteiger partial charge >= 0.3 is 0 Å². The van der Waals surface area contributed by atoms with E-state index in [0.29, 0.717) is 0 Å². The molecule has 2 heterocycles. The Balaban J connectivity index is 2.40. The number of thioether (sulfide) groups is 2. The van der Waals surface area contributed by atoms with E-state index in [1.165, 1.54) is 31.3 Å². The third-order valence-corrected chi connectivity index (χ3v) is 5.94. The molecule has 0 N–H and O–H groups in total. The highest BCUT2D eigenvalue weighted by atomic mass is 32.2. The van der Waals surface area contributed by atoms with Crippen LogP contribution in [0.2, 0.25) is 0 Å². The molecule has 0 atom stereocenters. The predicted octanol–water partition coefficient (Wildman–Crippen LogP) is 6.39. The summed E-state index contributed by atoms with van der Waals surface area (Å²) in [4.78, 5) is 2.40. The van der Waals surface area contributed by atoms with Crippen molar-refractivity contribution in [3.8, 4) is 0 Å². The molecule has 0 aliphatic rings. The molecule has 0 spiro atoms. The molecule has 0 bridgehead atoms. The number of furan rings is 2. The summed E-state index contributed by atoms with van der Waals surface area (Å²) in [6, 6.07) is 8.54. The van der Waals surface area contributed by atoms with Gasteiger partial charge in [0.05, 0.1) is 9.79 Å². The van der Waals surface area contributed by atoms with E-state index >= 15 is 0 Å². The number of benzene rings is 2. The van der Waals surface area contributed by atoms with E-state index in [4.69, 9.17) is 8.83 Å². The molecule has 0 amide bonds. The molecule has 2 aromatic heterocycles. The second-order valence-electron chi connectivity index (χ2n) is 5.34. The summed E-state index contributed by atoms with van der Waals surface area (Å²) in [5.41, 5.74) is 1.75. The minimum Gasteiger partial charge on any atom is -0.456 e. The topological polar surface area (TPSA) is 26.3 Å². The molecular weight excluding hydrogens is 312 g/mol. The lowest BCUT2D eigenvalue weighted by molar-refractivity contribution is 0.539. The van der Waals surface area contributed by atoms with Crippen molar-refractivity contribution in [2.75, 3.05) is 12.5 Å². The third-order valence-electron chi connectivity index (χ3n) is 4.14. The summed E-state index contributed by atoms with van der Waals surface area (Å²) in [6.45, 7) is 4.05. The summed E-state index contributed by atoms with van der Waals surface area (Å²) in [5.74, 6) is 1.92. The van der Waals surface area contributed by atoms with E-state index in [2.05, 4.69) is 36.8 Å². The molecule has 22 heavy (non-hydrogen) atoms. The monoisotopic (exact) mass is 328 g/mol. The predicted molar refractivity (Wildman–Crippen MR) is 96.5 cm³/mol. The number of fused-ring (bicyclic) bond motifs is 6. The average Bonchev–Trinajstić information content (AvgIpc) is 3.03. The van der Waals surface area contributed by atoms with Gasteiger partial charge in [-0.2, -0.15) is 0 Å². The van der Waals surface area contributed by atoms with Crippen LogP contribution in [0.5, 0.6) is 0 Å². The van der Waals surface area contributed by atoms with Crippen molar-refractivity contribution in [3.05, 3.63) is 35.8 Å². The highest BCUT2D eigenvalue weighted by Gasteiger charge is 2.23. The Kier molecular flexibility index (Phi) is 3.20. The normalized spacial score (nSPS) is 12.0. The molecule has 0 aliphatic carbocycles. The molecule has 4 heteroatoms. The molecule has 2 nitrogen and oxygen atoms in total. The first kappa shape index (κ1) is 14.1. The molecule has 0 saturated carbocycles. The Morgan fingerprint density at radius 1 is 0.727 bits per heavy atom. The van der Waals surface area contributed by atoms with Crippen LogP contribution in [-0.2, 0) is 0 Å². The minimum absolute atomic E-state index is 0.874. The number of hydrogen-bond donors (Lipinski definition) is 0. The zero-order chi connectivity index (χ0) is 15.4. The SMILES string of the molecule is CSc1c(C)oc2c3oc(C)c(SC)c3c3ccccc3c12. The average molecular weight is 328 g/mol. The molecule has 2 aromatic carbocycles. The molecule has 0 fully saturated rings. The van der Waals surface area contributed by atoms with Crippen LogP contribution in [0.4, 0.5) is 0 Å². The molecule has 0 radical (unpaired) electrons. The van der Waals surface area contributed by atoms with Crippen molar-refractivity contribution in [3.63, 3.8) is 0 Å². The van der Waals surface area contributed by atoms with Crippen LogP contribution in [0.25, 0.3) is 32.7 Å². The molecule has 4 rings (SSSR count). The summed E-state index contributed by atoms with van der Waals surface area (Å²) < 4.78 is 12.2. The van der Waals surface area contributed by atoms with Crippen LogP contribution in [-0.4, -0.2) is 12.5 Å². The number of hydrogen-bond acceptors (Lipinski definition) is 4. The standard InChI is InChI=1S/C18H16O2S2/c1-9-17(21-3)13-11-7-5-6-8-12(11)14-16(15(13)19-9)20-10(2)18(14)22-4/h5-8H,1-4H3. The zero-order valence-electron chi connectivity index (χ0n) is 12.9. The van der Waals surface area contributed by atoms with Crippen molar-refractivity contribution in [1.29, 1.82) is 0 Å². The lowest BCUT2D eigenvalue weighted by Gasteiger charge is -2.04. The highest BCUT2D eigenvalue weighted by molar-refractivity contribution is 7.99. The Morgan fingerprint density at radius 3 is 1.50 bits per heavy atom. The fourth-order valence-corrected chi connectivity index (χ4v) is 4.75. The summed E-state index contributed by atoms with van der Waals surface area (Å²) in [5, 5.41) is 4.83. The van der Waals surface area contributed by atoms with Gasteiger partial charge in [0.15, 0.2) is 11.2 Å². The van der Waals surface area contributed by atoms with Gasteiger partial charge in [-0.3, -0.25) is 0 Å². The minimum atomic E-state index is 0.874. The van der Waals surface area contributed by atoms with Gasteiger partial charge in [0.1, 0.15) is 11.5 Å². The lowest BCUT2D eigenvalue weighted by atomic mass is 10.0. The van der Waals surface area contributed by atoms with Crippen LogP contribution >= 0.6 is 23.5 Å². The van der Waals surface area contributed by atoms with Crippen molar-refractivity contribution in [2.24, 2.45) is 0 Å². The molecule has 0 saturated heterocycles. The Morgan fingerprint density at radius 2 is 1.14 bits per heavy atom. The van der Waals surface area contributed by atoms with Gasteiger partial charge < -0.3 is 8.83 Å². The van der Waals surface area contributed by atoms with E-state index in [-0.39, 0.29) is 0 Å². The summed E-state index contributed by atoms with van der Waals surface area (Å²) >= 11 is 3.46. The molecule has 0 aliphatic heterocycles. The lowest BCUT2D eigenvalue weighted by Crippen LogP contribution is -1.79.